The van der Waals surface area contributed by atoms with Gasteiger partial charge in [-0.15, -0.1) is 0 Å². The molecule has 1 unspecified atom stereocenters. The number of carbonyl (C=O) groups excluding carboxylic acids is 3. The monoisotopic (exact) mass is 352 g/mol. The highest BCUT2D eigenvalue weighted by Crippen LogP contribution is 2.16. The van der Waals surface area contributed by atoms with Crippen LogP contribution in [0.4, 0.5) is 0 Å². The predicted octanol–water partition coefficient (Wildman–Crippen LogP) is 1.99. The van der Waals surface area contributed by atoms with Crippen molar-refractivity contribution in [3.05, 3.63) is 23.0 Å². The van der Waals surface area contributed by atoms with Crippen molar-refractivity contribution in [2.24, 2.45) is 5.92 Å². The second-order valence-electron chi connectivity index (χ2n) is 6.38. The number of nitrogens with one attached hydrogen (secondary N) is 1. The van der Waals surface area contributed by atoms with E-state index in [9.17, 15) is 14.4 Å². The third-order valence-corrected chi connectivity index (χ3v) is 3.97. The third kappa shape index (κ3) is 5.62. The van der Waals surface area contributed by atoms with E-state index in [0.29, 0.717) is 12.0 Å². The van der Waals surface area contributed by atoms with Crippen LogP contribution in [0.15, 0.2) is 6.07 Å². The molecule has 0 bridgehead atoms. The van der Waals surface area contributed by atoms with Crippen LogP contribution in [0, 0.1) is 19.8 Å². The minimum atomic E-state index is -0.749. The van der Waals surface area contributed by atoms with E-state index < -0.39 is 30.5 Å². The fraction of sp³-hybridized carbons (Fsp3) is 0.611. The molecule has 1 aromatic heterocycles. The minimum Gasteiger partial charge on any atom is -0.467 e. The van der Waals surface area contributed by atoms with Crippen LogP contribution in [-0.4, -0.2) is 42.2 Å². The number of nitrogens with zero attached hydrogens (tertiary/aromatic N) is 1. The average Bonchev–Trinajstić information content (AvgIpc) is 2.84. The van der Waals surface area contributed by atoms with Crippen molar-refractivity contribution in [2.75, 3.05) is 13.7 Å². The Morgan fingerprint density at radius 2 is 1.88 bits per heavy atom. The summed E-state index contributed by atoms with van der Waals surface area (Å²) in [6, 6.07) is 0.996. The van der Waals surface area contributed by atoms with Gasteiger partial charge in [-0.3, -0.25) is 4.79 Å². The van der Waals surface area contributed by atoms with Crippen LogP contribution in [0.5, 0.6) is 0 Å². The van der Waals surface area contributed by atoms with Gasteiger partial charge in [0.2, 0.25) is 0 Å². The highest BCUT2D eigenvalue weighted by molar-refractivity contribution is 5.93. The van der Waals surface area contributed by atoms with E-state index in [1.165, 1.54) is 7.11 Å². The molecule has 0 aliphatic rings. The van der Waals surface area contributed by atoms with Crippen molar-refractivity contribution in [1.82, 2.24) is 9.88 Å². The SMILES string of the molecule is CCn1c(C)cc(C(=O)OCC(=O)NC(CC(C)C)C(=O)OC)c1C. The molecule has 1 amide bonds. The van der Waals surface area contributed by atoms with Crippen LogP contribution in [0.1, 0.15) is 48.9 Å². The third-order valence-electron chi connectivity index (χ3n) is 3.97. The summed E-state index contributed by atoms with van der Waals surface area (Å²) < 4.78 is 11.8. The van der Waals surface area contributed by atoms with Crippen molar-refractivity contribution in [3.63, 3.8) is 0 Å². The van der Waals surface area contributed by atoms with Crippen LogP contribution in [0.3, 0.4) is 0 Å². The Kier molecular flexibility index (Phi) is 7.67. The van der Waals surface area contributed by atoms with Gasteiger partial charge in [-0.1, -0.05) is 13.8 Å². The molecule has 0 spiro atoms. The van der Waals surface area contributed by atoms with Crippen molar-refractivity contribution >= 4 is 17.8 Å². The molecule has 1 heterocycles. The number of methoxy groups -OCH3 is 1. The lowest BCUT2D eigenvalue weighted by Crippen LogP contribution is -2.44. The van der Waals surface area contributed by atoms with Gasteiger partial charge in [0.05, 0.1) is 12.7 Å². The molecule has 1 aromatic rings. The van der Waals surface area contributed by atoms with Gasteiger partial charge in [-0.25, -0.2) is 9.59 Å². The first kappa shape index (κ1) is 20.7. The highest BCUT2D eigenvalue weighted by Gasteiger charge is 2.23. The molecule has 1 N–H and O–H groups in total. The van der Waals surface area contributed by atoms with Crippen LogP contribution in [0.2, 0.25) is 0 Å². The summed E-state index contributed by atoms with van der Waals surface area (Å²) in [6.45, 7) is 9.92. The number of hydrogen-bond acceptors (Lipinski definition) is 5. The van der Waals surface area contributed by atoms with E-state index in [0.717, 1.165) is 17.9 Å². The number of ether oxygens (including phenoxy) is 2. The molecular formula is C18H28N2O5. The fourth-order valence-corrected chi connectivity index (χ4v) is 2.77. The number of carbonyl (C=O) groups is 3. The maximum Gasteiger partial charge on any atom is 0.340 e. The normalized spacial score (nSPS) is 12.0. The number of aromatic nitrogens is 1. The molecule has 140 valence electrons. The van der Waals surface area contributed by atoms with Gasteiger partial charge in [0, 0.05) is 17.9 Å². The lowest BCUT2D eigenvalue weighted by molar-refractivity contribution is -0.145. The molecule has 25 heavy (non-hydrogen) atoms. The minimum absolute atomic E-state index is 0.200. The highest BCUT2D eigenvalue weighted by atomic mass is 16.5. The second-order valence-corrected chi connectivity index (χ2v) is 6.38. The van der Waals surface area contributed by atoms with Crippen LogP contribution < -0.4 is 5.32 Å². The molecule has 1 atom stereocenters. The van der Waals surface area contributed by atoms with Crippen molar-refractivity contribution in [1.29, 1.82) is 0 Å². The van der Waals surface area contributed by atoms with Gasteiger partial charge in [-0.2, -0.15) is 0 Å². The molecule has 0 saturated carbocycles. The van der Waals surface area contributed by atoms with Crippen molar-refractivity contribution < 1.29 is 23.9 Å². The smallest absolute Gasteiger partial charge is 0.340 e. The molecular weight excluding hydrogens is 324 g/mol. The Labute approximate surface area is 148 Å². The van der Waals surface area contributed by atoms with Gasteiger partial charge < -0.3 is 19.4 Å². The average molecular weight is 352 g/mol. The second kappa shape index (κ2) is 9.25. The molecule has 7 nitrogen and oxygen atoms in total. The Hall–Kier alpha value is -2.31. The first-order chi connectivity index (χ1) is 11.7. The molecule has 0 fully saturated rings. The Morgan fingerprint density at radius 3 is 2.36 bits per heavy atom. The number of esters is 2. The largest absolute Gasteiger partial charge is 0.467 e. The van der Waals surface area contributed by atoms with E-state index in [4.69, 9.17) is 4.74 Å². The standard InChI is InChI=1S/C18H28N2O5/c1-7-20-12(4)9-14(13(20)5)17(22)25-10-16(21)19-15(8-11(2)3)18(23)24-6/h9,11,15H,7-8,10H2,1-6H3,(H,19,21). The van der Waals surface area contributed by atoms with Gasteiger partial charge in [-0.05, 0) is 39.2 Å². The topological polar surface area (TPSA) is 86.6 Å². The van der Waals surface area contributed by atoms with E-state index in [2.05, 4.69) is 10.1 Å². The number of amides is 1. The first-order valence-electron chi connectivity index (χ1n) is 8.42. The van der Waals surface area contributed by atoms with Crippen LogP contribution >= 0.6 is 0 Å². The number of aryl methyl sites for hydroxylation is 1. The van der Waals surface area contributed by atoms with E-state index in [1.807, 2.05) is 39.2 Å². The summed E-state index contributed by atoms with van der Waals surface area (Å²) >= 11 is 0. The van der Waals surface area contributed by atoms with Gasteiger partial charge >= 0.3 is 11.9 Å². The fourth-order valence-electron chi connectivity index (χ4n) is 2.77. The summed E-state index contributed by atoms with van der Waals surface area (Å²) in [6.07, 6.45) is 0.448. The Bertz CT molecular complexity index is 634. The van der Waals surface area contributed by atoms with Gasteiger partial charge in [0.25, 0.3) is 5.91 Å². The predicted molar refractivity (Wildman–Crippen MR) is 93.3 cm³/mol. The Balaban J connectivity index is 2.66. The van der Waals surface area contributed by atoms with Crippen molar-refractivity contribution in [2.45, 2.75) is 53.6 Å². The Morgan fingerprint density at radius 1 is 1.24 bits per heavy atom. The van der Waals surface area contributed by atoms with E-state index >= 15 is 0 Å². The molecule has 0 aliphatic carbocycles. The molecule has 0 radical (unpaired) electrons. The lowest BCUT2D eigenvalue weighted by atomic mass is 10.0. The van der Waals surface area contributed by atoms with Gasteiger partial charge in [0.15, 0.2) is 6.61 Å². The van der Waals surface area contributed by atoms with E-state index in [-0.39, 0.29) is 5.92 Å². The molecule has 0 aliphatic heterocycles. The summed E-state index contributed by atoms with van der Waals surface area (Å²) in [5, 5.41) is 2.55. The summed E-state index contributed by atoms with van der Waals surface area (Å²) in [5.74, 6) is -1.40. The maximum absolute atomic E-state index is 12.2. The zero-order chi connectivity index (χ0) is 19.1. The first-order valence-corrected chi connectivity index (χ1v) is 8.42. The quantitative estimate of drug-likeness (QED) is 0.723. The maximum atomic E-state index is 12.2. The zero-order valence-electron chi connectivity index (χ0n) is 15.8. The zero-order valence-corrected chi connectivity index (χ0v) is 15.8. The molecule has 0 saturated heterocycles. The molecule has 0 aromatic carbocycles. The number of hydrogen-bond donors (Lipinski definition) is 1. The van der Waals surface area contributed by atoms with Crippen molar-refractivity contribution in [3.8, 4) is 0 Å². The van der Waals surface area contributed by atoms with Crippen LogP contribution in [0.25, 0.3) is 0 Å². The summed E-state index contributed by atoms with van der Waals surface area (Å²) in [7, 11) is 1.27. The van der Waals surface area contributed by atoms with E-state index in [1.54, 1.807) is 6.07 Å². The van der Waals surface area contributed by atoms with Gasteiger partial charge in [0.1, 0.15) is 6.04 Å². The van der Waals surface area contributed by atoms with Crippen LogP contribution in [-0.2, 0) is 25.6 Å². The number of rotatable bonds is 8. The summed E-state index contributed by atoms with van der Waals surface area (Å²) in [5.41, 5.74) is 2.20. The molecule has 1 rings (SSSR count). The lowest BCUT2D eigenvalue weighted by Gasteiger charge is -2.18. The summed E-state index contributed by atoms with van der Waals surface area (Å²) in [4.78, 5) is 35.9. The molecule has 7 heteroatoms.